The number of nitrogens with one attached hydrogen (secondary N) is 2. The number of rotatable bonds is 8. The van der Waals surface area contributed by atoms with Crippen molar-refractivity contribution < 1.29 is 18.4 Å². The molecule has 1 saturated heterocycles. The Balaban J connectivity index is 1.72. The lowest BCUT2D eigenvalue weighted by atomic mass is 10.0. The number of halogens is 2. The third kappa shape index (κ3) is 5.97. The molecule has 1 aromatic heterocycles. The molecule has 0 radical (unpaired) electrons. The summed E-state index contributed by atoms with van der Waals surface area (Å²) in [7, 11) is 0. The molecule has 3 rings (SSSR count). The van der Waals surface area contributed by atoms with Crippen LogP contribution in [0.3, 0.4) is 0 Å². The van der Waals surface area contributed by atoms with Gasteiger partial charge in [0.2, 0.25) is 11.8 Å². The fourth-order valence-corrected chi connectivity index (χ4v) is 3.73. The van der Waals surface area contributed by atoms with E-state index in [1.54, 1.807) is 18.3 Å². The first kappa shape index (κ1) is 22.6. The van der Waals surface area contributed by atoms with Gasteiger partial charge in [0.1, 0.15) is 11.9 Å². The summed E-state index contributed by atoms with van der Waals surface area (Å²) in [5, 5.41) is 5.58. The van der Waals surface area contributed by atoms with Crippen LogP contribution in [0.15, 0.2) is 36.5 Å². The molecule has 4 N–H and O–H groups in total. The van der Waals surface area contributed by atoms with E-state index < -0.39 is 23.6 Å². The number of aromatic nitrogens is 1. The van der Waals surface area contributed by atoms with Gasteiger partial charge in [-0.1, -0.05) is 19.1 Å². The average Bonchev–Trinajstić information content (AvgIpc) is 3.24. The molecule has 166 valence electrons. The molecule has 0 saturated carbocycles. The van der Waals surface area contributed by atoms with E-state index >= 15 is 0 Å². The van der Waals surface area contributed by atoms with Gasteiger partial charge in [0, 0.05) is 19.2 Å². The lowest BCUT2D eigenvalue weighted by molar-refractivity contribution is -0.131. The van der Waals surface area contributed by atoms with E-state index in [9.17, 15) is 18.4 Å². The molecule has 31 heavy (non-hydrogen) atoms. The molecule has 1 unspecified atom stereocenters. The molecule has 1 aliphatic heterocycles. The van der Waals surface area contributed by atoms with Gasteiger partial charge in [-0.25, -0.2) is 13.8 Å². The maximum absolute atomic E-state index is 13.7. The van der Waals surface area contributed by atoms with Crippen LogP contribution in [0.4, 0.5) is 14.6 Å². The highest BCUT2D eigenvalue weighted by atomic mass is 19.2. The third-order valence-electron chi connectivity index (χ3n) is 5.44. The zero-order valence-corrected chi connectivity index (χ0v) is 17.4. The number of carbonyl (C=O) groups is 2. The second kappa shape index (κ2) is 10.3. The normalized spacial score (nSPS) is 17.3. The van der Waals surface area contributed by atoms with Crippen molar-refractivity contribution in [1.29, 1.82) is 0 Å². The number of nitrogens with zero attached hydrogens (tertiary/aromatic N) is 2. The first-order valence-corrected chi connectivity index (χ1v) is 10.3. The number of hydrogen-bond acceptors (Lipinski definition) is 5. The predicted molar refractivity (Wildman–Crippen MR) is 113 cm³/mol. The first-order valence-electron chi connectivity index (χ1n) is 10.3. The molecule has 1 aliphatic rings. The average molecular weight is 431 g/mol. The zero-order valence-electron chi connectivity index (χ0n) is 17.4. The van der Waals surface area contributed by atoms with Gasteiger partial charge in [0.25, 0.3) is 0 Å². The Kier molecular flexibility index (Phi) is 7.51. The van der Waals surface area contributed by atoms with Crippen molar-refractivity contribution in [1.82, 2.24) is 20.5 Å². The van der Waals surface area contributed by atoms with Crippen LogP contribution < -0.4 is 16.4 Å². The Morgan fingerprint density at radius 1 is 1.23 bits per heavy atom. The first-order chi connectivity index (χ1) is 14.9. The summed E-state index contributed by atoms with van der Waals surface area (Å²) in [6.07, 6.45) is 3.22. The SMILES string of the molecule is CCN1CCCC1C(=O)N[C@@H](Cc1ccc(F)c(F)c1)C(=O)NCc1ccc(N)nc1. The molecule has 1 aromatic carbocycles. The van der Waals surface area contributed by atoms with E-state index in [2.05, 4.69) is 20.5 Å². The summed E-state index contributed by atoms with van der Waals surface area (Å²) in [5.41, 5.74) is 6.72. The third-order valence-corrected chi connectivity index (χ3v) is 5.44. The smallest absolute Gasteiger partial charge is 0.243 e. The van der Waals surface area contributed by atoms with E-state index in [-0.39, 0.29) is 24.9 Å². The number of likely N-dealkylation sites (N-methyl/N-ethyl adjacent to an activating group) is 1. The number of amides is 2. The minimum absolute atomic E-state index is 0.0353. The van der Waals surface area contributed by atoms with Gasteiger partial charge in [-0.05, 0) is 55.3 Å². The molecule has 2 aromatic rings. The van der Waals surface area contributed by atoms with Crippen molar-refractivity contribution in [2.24, 2.45) is 0 Å². The molecule has 1 fully saturated rings. The fraction of sp³-hybridized carbons (Fsp3) is 0.409. The van der Waals surface area contributed by atoms with Crippen molar-refractivity contribution in [3.8, 4) is 0 Å². The Morgan fingerprint density at radius 3 is 2.68 bits per heavy atom. The molecule has 0 aliphatic carbocycles. The Hall–Kier alpha value is -3.07. The number of anilines is 1. The maximum atomic E-state index is 13.7. The van der Waals surface area contributed by atoms with Crippen LogP contribution in [-0.2, 0) is 22.6 Å². The van der Waals surface area contributed by atoms with Crippen molar-refractivity contribution >= 4 is 17.6 Å². The molecular formula is C22H27F2N5O2. The maximum Gasteiger partial charge on any atom is 0.243 e. The van der Waals surface area contributed by atoms with Crippen molar-refractivity contribution in [2.45, 2.75) is 44.8 Å². The second-order valence-corrected chi connectivity index (χ2v) is 7.61. The van der Waals surface area contributed by atoms with Gasteiger partial charge in [-0.2, -0.15) is 0 Å². The number of pyridine rings is 1. The number of nitrogens with two attached hydrogens (primary N) is 1. The number of carbonyl (C=O) groups excluding carboxylic acids is 2. The topological polar surface area (TPSA) is 100 Å². The van der Waals surface area contributed by atoms with Crippen molar-refractivity contribution in [2.75, 3.05) is 18.8 Å². The van der Waals surface area contributed by atoms with Crippen LogP contribution in [-0.4, -0.2) is 46.9 Å². The minimum Gasteiger partial charge on any atom is -0.384 e. The van der Waals surface area contributed by atoms with E-state index in [1.165, 1.54) is 6.07 Å². The lowest BCUT2D eigenvalue weighted by Crippen LogP contribution is -2.53. The van der Waals surface area contributed by atoms with Gasteiger partial charge >= 0.3 is 0 Å². The largest absolute Gasteiger partial charge is 0.384 e. The Bertz CT molecular complexity index is 923. The van der Waals surface area contributed by atoms with Crippen molar-refractivity contribution in [3.05, 3.63) is 59.3 Å². The standard InChI is InChI=1S/C22H27F2N5O2/c1-2-29-9-3-4-19(29)22(31)28-18(11-14-5-7-16(23)17(24)10-14)21(30)27-13-15-6-8-20(25)26-12-15/h5-8,10,12,18-19H,2-4,9,11,13H2,1H3,(H2,25,26)(H,27,30)(H,28,31)/t18-,19?/m0/s1. The van der Waals surface area contributed by atoms with Crippen LogP contribution in [0.25, 0.3) is 0 Å². The van der Waals surface area contributed by atoms with E-state index in [0.29, 0.717) is 11.4 Å². The van der Waals surface area contributed by atoms with Gasteiger partial charge in [0.15, 0.2) is 11.6 Å². The predicted octanol–water partition coefficient (Wildman–Crippen LogP) is 1.77. The summed E-state index contributed by atoms with van der Waals surface area (Å²) in [5.74, 6) is -2.25. The Morgan fingerprint density at radius 2 is 2.00 bits per heavy atom. The number of benzene rings is 1. The summed E-state index contributed by atoms with van der Waals surface area (Å²) in [6, 6.07) is 5.59. The number of nitrogen functional groups attached to an aromatic ring is 1. The van der Waals surface area contributed by atoms with Gasteiger partial charge in [-0.15, -0.1) is 0 Å². The zero-order chi connectivity index (χ0) is 22.4. The van der Waals surface area contributed by atoms with Gasteiger partial charge < -0.3 is 16.4 Å². The fourth-order valence-electron chi connectivity index (χ4n) is 3.73. The van der Waals surface area contributed by atoms with Crippen LogP contribution in [0.2, 0.25) is 0 Å². The van der Waals surface area contributed by atoms with Gasteiger partial charge in [-0.3, -0.25) is 14.5 Å². The summed E-state index contributed by atoms with van der Waals surface area (Å²) in [4.78, 5) is 31.8. The molecule has 9 heteroatoms. The molecule has 0 spiro atoms. The molecule has 2 atom stereocenters. The van der Waals surface area contributed by atoms with Crippen molar-refractivity contribution in [3.63, 3.8) is 0 Å². The quantitative estimate of drug-likeness (QED) is 0.592. The van der Waals surface area contributed by atoms with E-state index in [0.717, 1.165) is 43.6 Å². The van der Waals surface area contributed by atoms with E-state index in [4.69, 9.17) is 5.73 Å². The highest BCUT2D eigenvalue weighted by molar-refractivity contribution is 5.90. The van der Waals surface area contributed by atoms with Crippen LogP contribution >= 0.6 is 0 Å². The second-order valence-electron chi connectivity index (χ2n) is 7.61. The van der Waals surface area contributed by atoms with Gasteiger partial charge in [0.05, 0.1) is 6.04 Å². The Labute approximate surface area is 180 Å². The monoisotopic (exact) mass is 431 g/mol. The van der Waals surface area contributed by atoms with E-state index in [1.807, 2.05) is 6.92 Å². The molecule has 2 heterocycles. The molecule has 0 bridgehead atoms. The molecular weight excluding hydrogens is 404 g/mol. The highest BCUT2D eigenvalue weighted by Crippen LogP contribution is 2.17. The lowest BCUT2D eigenvalue weighted by Gasteiger charge is -2.25. The van der Waals surface area contributed by atoms with Crippen LogP contribution in [0.1, 0.15) is 30.9 Å². The summed E-state index contributed by atoms with van der Waals surface area (Å²) < 4.78 is 26.9. The minimum atomic E-state index is -0.996. The molecule has 7 nitrogen and oxygen atoms in total. The molecule has 2 amide bonds. The summed E-state index contributed by atoms with van der Waals surface area (Å²) in [6.45, 7) is 3.75. The van der Waals surface area contributed by atoms with Crippen LogP contribution in [0, 0.1) is 11.6 Å². The number of hydrogen-bond donors (Lipinski definition) is 3. The highest BCUT2D eigenvalue weighted by Gasteiger charge is 2.32. The number of likely N-dealkylation sites (tertiary alicyclic amines) is 1. The van der Waals surface area contributed by atoms with Crippen LogP contribution in [0.5, 0.6) is 0 Å². The summed E-state index contributed by atoms with van der Waals surface area (Å²) >= 11 is 0.